The van der Waals surface area contributed by atoms with Gasteiger partial charge in [-0.3, -0.25) is 0 Å². The maximum atomic E-state index is 11.9. The maximum absolute atomic E-state index is 11.9. The summed E-state index contributed by atoms with van der Waals surface area (Å²) in [7, 11) is 0. The molecule has 1 N–H and O–H groups in total. The van der Waals surface area contributed by atoms with Gasteiger partial charge in [0, 0.05) is 25.6 Å². The molecule has 2 aromatic rings. The highest BCUT2D eigenvalue weighted by molar-refractivity contribution is 7.20. The van der Waals surface area contributed by atoms with Gasteiger partial charge in [-0.15, -0.1) is 5.10 Å². The zero-order chi connectivity index (χ0) is 19.7. The highest BCUT2D eigenvalue weighted by Crippen LogP contribution is 2.35. The van der Waals surface area contributed by atoms with Crippen molar-refractivity contribution in [3.8, 4) is 0 Å². The fourth-order valence-corrected chi connectivity index (χ4v) is 4.71. The Morgan fingerprint density at radius 3 is 2.89 bits per heavy atom. The van der Waals surface area contributed by atoms with Crippen molar-refractivity contribution in [1.29, 1.82) is 0 Å². The van der Waals surface area contributed by atoms with E-state index in [2.05, 4.69) is 16.4 Å². The summed E-state index contributed by atoms with van der Waals surface area (Å²) in [6.07, 6.45) is 6.68. The molecule has 0 radical (unpaired) electrons. The van der Waals surface area contributed by atoms with Gasteiger partial charge in [-0.2, -0.15) is 0 Å². The molecule has 9 heteroatoms. The lowest BCUT2D eigenvalue weighted by molar-refractivity contribution is 0.0282. The quantitative estimate of drug-likeness (QED) is 0.838. The Labute approximate surface area is 169 Å². The highest BCUT2D eigenvalue weighted by atomic mass is 32.1. The minimum absolute atomic E-state index is 0.0912. The van der Waals surface area contributed by atoms with E-state index >= 15 is 0 Å². The van der Waals surface area contributed by atoms with E-state index in [9.17, 15) is 4.79 Å². The number of hydrogen-bond acceptors (Lipinski definition) is 7. The molecule has 0 bridgehead atoms. The van der Waals surface area contributed by atoms with Gasteiger partial charge >= 0.3 is 6.09 Å². The van der Waals surface area contributed by atoms with Gasteiger partial charge in [0.15, 0.2) is 0 Å². The van der Waals surface area contributed by atoms with E-state index in [-0.39, 0.29) is 6.10 Å². The number of fused-ring (bicyclic) bond motifs is 1. The zero-order valence-electron chi connectivity index (χ0n) is 16.8. The van der Waals surface area contributed by atoms with Gasteiger partial charge in [-0.1, -0.05) is 24.2 Å². The molecule has 1 saturated heterocycles. The van der Waals surface area contributed by atoms with Crippen molar-refractivity contribution in [3.05, 3.63) is 11.9 Å². The molecule has 1 aliphatic carbocycles. The van der Waals surface area contributed by atoms with E-state index in [4.69, 9.17) is 19.6 Å². The van der Waals surface area contributed by atoms with Crippen molar-refractivity contribution in [1.82, 2.24) is 19.9 Å². The third-order valence-electron chi connectivity index (χ3n) is 5.11. The second-order valence-electron chi connectivity index (χ2n) is 8.58. The second-order valence-corrected chi connectivity index (χ2v) is 9.51. The van der Waals surface area contributed by atoms with Crippen LogP contribution in [0, 0.1) is 0 Å². The number of carbonyl (C=O) groups is 1. The van der Waals surface area contributed by atoms with E-state index in [0.717, 1.165) is 16.6 Å². The first-order chi connectivity index (χ1) is 13.4. The van der Waals surface area contributed by atoms with E-state index in [1.165, 1.54) is 31.4 Å². The lowest BCUT2D eigenvalue weighted by Crippen LogP contribution is -2.48. The number of ether oxygens (including phenoxy) is 2. The van der Waals surface area contributed by atoms with Gasteiger partial charge in [-0.25, -0.2) is 14.3 Å². The van der Waals surface area contributed by atoms with Crippen LogP contribution in [0.2, 0.25) is 0 Å². The molecule has 0 aromatic carbocycles. The van der Waals surface area contributed by atoms with Gasteiger partial charge in [0.2, 0.25) is 10.1 Å². The number of imidazole rings is 1. The lowest BCUT2D eigenvalue weighted by Gasteiger charge is -2.32. The first-order valence-electron chi connectivity index (χ1n) is 10.1. The average molecular weight is 408 g/mol. The zero-order valence-corrected chi connectivity index (χ0v) is 17.6. The van der Waals surface area contributed by atoms with Gasteiger partial charge in [0.25, 0.3) is 0 Å². The van der Waals surface area contributed by atoms with Gasteiger partial charge < -0.3 is 19.7 Å². The van der Waals surface area contributed by atoms with Gasteiger partial charge in [0.1, 0.15) is 5.60 Å². The molecule has 1 unspecified atom stereocenters. The first-order valence-corrected chi connectivity index (χ1v) is 10.9. The van der Waals surface area contributed by atoms with Crippen LogP contribution in [0.3, 0.4) is 0 Å². The monoisotopic (exact) mass is 407 g/mol. The van der Waals surface area contributed by atoms with Crippen LogP contribution in [0.5, 0.6) is 0 Å². The predicted molar refractivity (Wildman–Crippen MR) is 108 cm³/mol. The van der Waals surface area contributed by atoms with Crippen molar-refractivity contribution < 1.29 is 14.3 Å². The molecule has 1 amide bonds. The summed E-state index contributed by atoms with van der Waals surface area (Å²) in [5.74, 6) is 0.601. The molecule has 2 aromatic heterocycles. The molecule has 2 aliphatic rings. The van der Waals surface area contributed by atoms with Crippen LogP contribution in [-0.2, 0) is 9.47 Å². The van der Waals surface area contributed by atoms with Crippen molar-refractivity contribution in [2.75, 3.05) is 31.1 Å². The molecule has 1 saturated carbocycles. The summed E-state index contributed by atoms with van der Waals surface area (Å²) in [6.45, 7) is 8.04. The maximum Gasteiger partial charge on any atom is 0.407 e. The first kappa shape index (κ1) is 19.4. The Hall–Kier alpha value is -1.87. The SMILES string of the molecule is CC(C)(C)OC(=O)NCC1CN(c2nn3cc(C4CCCC4)nc3s2)CCO1. The van der Waals surface area contributed by atoms with Crippen molar-refractivity contribution >= 4 is 27.5 Å². The summed E-state index contributed by atoms with van der Waals surface area (Å²) < 4.78 is 13.0. The van der Waals surface area contributed by atoms with Crippen LogP contribution >= 0.6 is 11.3 Å². The molecule has 3 heterocycles. The molecule has 4 rings (SSSR count). The third-order valence-corrected chi connectivity index (χ3v) is 6.09. The summed E-state index contributed by atoms with van der Waals surface area (Å²) >= 11 is 1.62. The number of aromatic nitrogens is 3. The minimum Gasteiger partial charge on any atom is -0.444 e. The number of amides is 1. The lowest BCUT2D eigenvalue weighted by atomic mass is 10.1. The van der Waals surface area contributed by atoms with Crippen molar-refractivity contribution in [2.24, 2.45) is 0 Å². The fourth-order valence-electron chi connectivity index (χ4n) is 3.78. The van der Waals surface area contributed by atoms with Crippen LogP contribution in [-0.4, -0.2) is 58.6 Å². The summed E-state index contributed by atoms with van der Waals surface area (Å²) in [5.41, 5.74) is 0.681. The molecule has 8 nitrogen and oxygen atoms in total. The summed E-state index contributed by atoms with van der Waals surface area (Å²) in [5, 5.41) is 8.48. The van der Waals surface area contributed by atoms with Gasteiger partial charge in [0.05, 0.1) is 24.6 Å². The smallest absolute Gasteiger partial charge is 0.407 e. The summed E-state index contributed by atoms with van der Waals surface area (Å²) in [6, 6.07) is 0. The van der Waals surface area contributed by atoms with Crippen LogP contribution in [0.1, 0.15) is 58.1 Å². The molecule has 1 atom stereocenters. The minimum atomic E-state index is -0.503. The number of morpholine rings is 1. The van der Waals surface area contributed by atoms with Crippen molar-refractivity contribution in [2.45, 2.75) is 64.1 Å². The van der Waals surface area contributed by atoms with E-state index in [1.807, 2.05) is 25.3 Å². The topological polar surface area (TPSA) is 81.0 Å². The van der Waals surface area contributed by atoms with Crippen LogP contribution in [0.15, 0.2) is 6.20 Å². The number of rotatable bonds is 4. The predicted octanol–water partition coefficient (Wildman–Crippen LogP) is 3.18. The third kappa shape index (κ3) is 4.57. The van der Waals surface area contributed by atoms with Crippen LogP contribution < -0.4 is 10.2 Å². The van der Waals surface area contributed by atoms with Crippen LogP contribution in [0.4, 0.5) is 9.93 Å². The van der Waals surface area contributed by atoms with E-state index < -0.39 is 11.7 Å². The van der Waals surface area contributed by atoms with Gasteiger partial charge in [-0.05, 0) is 33.6 Å². The molecular formula is C19H29N5O3S. The van der Waals surface area contributed by atoms with Crippen molar-refractivity contribution in [3.63, 3.8) is 0 Å². The number of hydrogen-bond donors (Lipinski definition) is 1. The molecule has 1 aliphatic heterocycles. The highest BCUT2D eigenvalue weighted by Gasteiger charge is 2.26. The number of nitrogens with one attached hydrogen (secondary N) is 1. The normalized spacial score (nSPS) is 21.4. The Bertz CT molecular complexity index is 790. The largest absolute Gasteiger partial charge is 0.444 e. The van der Waals surface area contributed by atoms with E-state index in [1.54, 1.807) is 11.3 Å². The Balaban J connectivity index is 1.35. The summed E-state index contributed by atoms with van der Waals surface area (Å²) in [4.78, 5) is 19.8. The molecule has 0 spiro atoms. The Kier molecular flexibility index (Phi) is 5.46. The molecule has 154 valence electrons. The molecule has 28 heavy (non-hydrogen) atoms. The second kappa shape index (κ2) is 7.87. The number of carbonyl (C=O) groups excluding carboxylic acids is 1. The number of nitrogens with zero attached hydrogens (tertiary/aromatic N) is 4. The Morgan fingerprint density at radius 2 is 2.18 bits per heavy atom. The average Bonchev–Trinajstić information content (AvgIpc) is 3.34. The number of anilines is 1. The number of alkyl carbamates (subject to hydrolysis) is 1. The van der Waals surface area contributed by atoms with Crippen LogP contribution in [0.25, 0.3) is 4.96 Å². The molecular weight excluding hydrogens is 378 g/mol. The fraction of sp³-hybridized carbons (Fsp3) is 0.737. The molecule has 2 fully saturated rings. The van der Waals surface area contributed by atoms with E-state index in [0.29, 0.717) is 25.6 Å². The Morgan fingerprint density at radius 1 is 1.39 bits per heavy atom. The standard InChI is InChI=1S/C19H29N5O3S/c1-19(2,3)27-18(25)20-10-14-11-23(8-9-26-14)17-22-24-12-15(21-16(24)28-17)13-6-4-5-7-13/h12-14H,4-11H2,1-3H3,(H,20,25).